The van der Waals surface area contributed by atoms with E-state index in [1.807, 2.05) is 0 Å². The smallest absolute Gasteiger partial charge is 0.407 e. The van der Waals surface area contributed by atoms with Gasteiger partial charge in [0, 0.05) is 42.1 Å². The molecule has 5 aliphatic rings. The molecule has 8 N–H and O–H groups in total. The van der Waals surface area contributed by atoms with Gasteiger partial charge in [-0.05, 0) is 85.9 Å². The van der Waals surface area contributed by atoms with Crippen molar-refractivity contribution in [3.8, 4) is 29.0 Å². The van der Waals surface area contributed by atoms with Crippen LogP contribution < -0.4 is 26.2 Å². The second-order valence-corrected chi connectivity index (χ2v) is 18.6. The minimum absolute atomic E-state index is 0.00612. The van der Waals surface area contributed by atoms with Gasteiger partial charge in [-0.15, -0.1) is 5.92 Å². The highest BCUT2D eigenvalue weighted by atomic mass is 19.1. The van der Waals surface area contributed by atoms with Gasteiger partial charge < -0.3 is 69.7 Å². The summed E-state index contributed by atoms with van der Waals surface area (Å²) in [7, 11) is 0. The molecule has 21 nitrogen and oxygen atoms in total. The van der Waals surface area contributed by atoms with Crippen molar-refractivity contribution < 1.29 is 77.6 Å². The van der Waals surface area contributed by atoms with E-state index >= 15 is 4.39 Å². The maximum absolute atomic E-state index is 15.5. The summed E-state index contributed by atoms with van der Waals surface area (Å²) in [6.45, 7) is 2.13. The molecule has 0 radical (unpaired) electrons. The Morgan fingerprint density at radius 2 is 1.78 bits per heavy atom. The molecular weight excluding hydrogens is 958 g/mol. The van der Waals surface area contributed by atoms with E-state index in [0.29, 0.717) is 58.3 Å². The van der Waals surface area contributed by atoms with Gasteiger partial charge in [0.15, 0.2) is 11.7 Å². The molecule has 0 saturated carbocycles. The predicted molar refractivity (Wildman–Crippen MR) is 251 cm³/mol. The first-order chi connectivity index (χ1) is 35.0. The molecule has 4 aromatic rings. The number of pyridine rings is 2. The van der Waals surface area contributed by atoms with Gasteiger partial charge in [0.05, 0.1) is 40.6 Å². The number of hydrogen-bond acceptors (Lipinski definition) is 16. The molecule has 8 atom stereocenters. The number of halogens is 1. The van der Waals surface area contributed by atoms with Gasteiger partial charge >= 0.3 is 18.0 Å². The van der Waals surface area contributed by atoms with Gasteiger partial charge in [-0.25, -0.2) is 23.8 Å². The van der Waals surface area contributed by atoms with Crippen LogP contribution in [-0.4, -0.2) is 121 Å². The van der Waals surface area contributed by atoms with Crippen LogP contribution in [0, 0.1) is 24.6 Å². The van der Waals surface area contributed by atoms with E-state index in [-0.39, 0.29) is 78.9 Å². The minimum Gasteiger partial charge on any atom is -0.479 e. The van der Waals surface area contributed by atoms with E-state index in [4.69, 9.17) is 28.7 Å². The average molecular weight is 1010 g/mol. The second kappa shape index (κ2) is 20.9. The Kier molecular flexibility index (Phi) is 14.5. The number of nitrogens with zero attached hydrogens (tertiary/aromatic N) is 2. The number of benzene rings is 2. The number of carbonyl (C=O) groups excluding carboxylic acids is 4. The van der Waals surface area contributed by atoms with Crippen molar-refractivity contribution in [3.63, 3.8) is 0 Å². The van der Waals surface area contributed by atoms with Crippen LogP contribution in [0.25, 0.3) is 22.3 Å². The standard InChI is InChI=1S/C51H54FN5O16/c1-3-51(68)31-18-35-40-29(20-57(35)46(63)30(31)22-70-49(51)66)39-33(13-12-27-24(2)32(52)19-34(55-40)38(27)39)56-50(67)71-21-25-11-14-36(72-48-43(61)41(59)42(60)44(73-48)47(64)65)28(17-25)45(62)54-16-15-53-37(58)23-69-26-9-7-5-4-6-8-10-26/h11,14,17-19,26,33,41-44,48,59-61,68H,3-7,9,12-13,15-16,20-23H2,1-2H3,(H,53,58)(H,54,62)(H,56,67)(H,64,65)/t26?,33-,41-,42-,43+,44-,48+,51-/m0/s1. The van der Waals surface area contributed by atoms with Crippen LogP contribution in [-0.2, 0) is 65.1 Å². The van der Waals surface area contributed by atoms with Gasteiger partial charge in [-0.2, -0.15) is 0 Å². The Morgan fingerprint density at radius 3 is 2.56 bits per heavy atom. The third-order valence-corrected chi connectivity index (χ3v) is 14.1. The summed E-state index contributed by atoms with van der Waals surface area (Å²) in [5.74, 6) is 1.57. The summed E-state index contributed by atoms with van der Waals surface area (Å²) in [5.41, 5.74) is 0.797. The first-order valence-electron chi connectivity index (χ1n) is 24.1. The topological polar surface area (TPSA) is 304 Å². The third kappa shape index (κ3) is 9.83. The molecule has 3 amide bonds. The summed E-state index contributed by atoms with van der Waals surface area (Å²) in [5, 5.41) is 61.2. The van der Waals surface area contributed by atoms with Crippen molar-refractivity contribution in [1.82, 2.24) is 25.5 Å². The maximum atomic E-state index is 15.5. The number of alkyl carbamates (subject to hydrolysis) is 1. The fourth-order valence-corrected chi connectivity index (χ4v) is 10.1. The van der Waals surface area contributed by atoms with Crippen molar-refractivity contribution in [2.75, 3.05) is 19.7 Å². The SMILES string of the molecule is CC[C@@]1(O)C(=O)OCc2c1cc1n(c2=O)Cc2c-1nc1cc(F)c(C)c3c1c2[C@@H](NC(=O)OCc1ccc(O[C@@H]2O[C@H](C(=O)O)[C@@H](O)[C@H](O)[C@H]2O)c(C(=O)NCCNC(=O)COC2C#CCCCCC2)c1)CC3. The summed E-state index contributed by atoms with van der Waals surface area (Å²) in [4.78, 5) is 83.7. The van der Waals surface area contributed by atoms with E-state index in [0.717, 1.165) is 25.7 Å². The van der Waals surface area contributed by atoms with Gasteiger partial charge in [0.2, 0.25) is 12.2 Å². The number of esters is 1. The van der Waals surface area contributed by atoms with Crippen molar-refractivity contribution in [2.45, 2.75) is 133 Å². The maximum Gasteiger partial charge on any atom is 0.407 e. The molecule has 0 spiro atoms. The van der Waals surface area contributed by atoms with Crippen LogP contribution in [0.3, 0.4) is 0 Å². The number of aliphatic carboxylic acids is 1. The van der Waals surface area contributed by atoms with E-state index < -0.39 is 90.2 Å². The summed E-state index contributed by atoms with van der Waals surface area (Å²) < 4.78 is 44.6. The number of carboxylic acid groups (broad SMARTS) is 1. The molecule has 386 valence electrons. The Morgan fingerprint density at radius 1 is 0.986 bits per heavy atom. The van der Waals surface area contributed by atoms with Crippen LogP contribution in [0.4, 0.5) is 9.18 Å². The van der Waals surface area contributed by atoms with Crippen LogP contribution in [0.2, 0.25) is 0 Å². The molecular formula is C51H54FN5O16. The Labute approximate surface area is 415 Å². The number of rotatable bonds is 14. The van der Waals surface area contributed by atoms with Crippen LogP contribution in [0.15, 0.2) is 35.1 Å². The molecule has 0 bridgehead atoms. The largest absolute Gasteiger partial charge is 0.479 e. The number of amides is 3. The molecule has 3 aliphatic heterocycles. The van der Waals surface area contributed by atoms with Gasteiger partial charge in [-0.1, -0.05) is 25.3 Å². The highest BCUT2D eigenvalue weighted by Gasteiger charge is 2.49. The fraction of sp³-hybridized carbons (Fsp3) is 0.471. The van der Waals surface area contributed by atoms with Crippen molar-refractivity contribution in [1.29, 1.82) is 0 Å². The number of aryl methyl sites for hydroxylation is 1. The number of aliphatic hydroxyl groups excluding tert-OH is 3. The lowest BCUT2D eigenvalue weighted by Gasteiger charge is -2.38. The highest BCUT2D eigenvalue weighted by molar-refractivity contribution is 5.97. The number of carbonyl (C=O) groups is 5. The van der Waals surface area contributed by atoms with Crippen LogP contribution >= 0.6 is 0 Å². The minimum atomic E-state index is -2.08. The molecule has 73 heavy (non-hydrogen) atoms. The average Bonchev–Trinajstić information content (AvgIpc) is 3.73. The van der Waals surface area contributed by atoms with Crippen LogP contribution in [0.5, 0.6) is 5.75 Å². The zero-order chi connectivity index (χ0) is 51.9. The molecule has 2 aromatic carbocycles. The predicted octanol–water partition coefficient (Wildman–Crippen LogP) is 1.91. The number of aromatic nitrogens is 2. The van der Waals surface area contributed by atoms with E-state index in [9.17, 15) is 54.3 Å². The zero-order valence-corrected chi connectivity index (χ0v) is 39.8. The number of nitrogens with one attached hydrogen (secondary N) is 3. The number of carboxylic acids is 1. The normalized spacial score (nSPS) is 24.8. The Bertz CT molecular complexity index is 3040. The molecule has 2 aliphatic carbocycles. The number of cyclic esters (lactones) is 1. The molecule has 9 rings (SSSR count). The van der Waals surface area contributed by atoms with Crippen molar-refractivity contribution >= 4 is 40.7 Å². The van der Waals surface area contributed by atoms with E-state index in [1.54, 1.807) is 19.9 Å². The number of hydrogen-bond donors (Lipinski definition) is 8. The molecule has 2 aromatic heterocycles. The molecule has 5 heterocycles. The Balaban J connectivity index is 0.935. The molecule has 1 fully saturated rings. The van der Waals surface area contributed by atoms with Crippen LogP contribution in [0.1, 0.15) is 107 Å². The lowest BCUT2D eigenvalue weighted by molar-refractivity contribution is -0.271. The third-order valence-electron chi connectivity index (χ3n) is 14.1. The van der Waals surface area contributed by atoms with Gasteiger partial charge in [0.1, 0.15) is 55.8 Å². The van der Waals surface area contributed by atoms with Gasteiger partial charge in [-0.3, -0.25) is 14.4 Å². The van der Waals surface area contributed by atoms with Crippen molar-refractivity contribution in [3.05, 3.63) is 91.0 Å². The lowest BCUT2D eigenvalue weighted by atomic mass is 9.81. The quantitative estimate of drug-likeness (QED) is 0.0448. The summed E-state index contributed by atoms with van der Waals surface area (Å²) in [6.07, 6.45) is -6.08. The monoisotopic (exact) mass is 1010 g/mol. The van der Waals surface area contributed by atoms with E-state index in [1.165, 1.54) is 28.8 Å². The number of ether oxygens (including phenoxy) is 5. The molecule has 22 heteroatoms. The number of aliphatic hydroxyl groups is 4. The second-order valence-electron chi connectivity index (χ2n) is 18.6. The molecule has 1 saturated heterocycles. The molecule has 1 unspecified atom stereocenters. The summed E-state index contributed by atoms with van der Waals surface area (Å²) >= 11 is 0. The zero-order valence-electron chi connectivity index (χ0n) is 39.8. The fourth-order valence-electron chi connectivity index (χ4n) is 10.1. The number of fused-ring (bicyclic) bond motifs is 5. The van der Waals surface area contributed by atoms with E-state index in [2.05, 4.69) is 27.8 Å². The first kappa shape index (κ1) is 50.9. The van der Waals surface area contributed by atoms with Gasteiger partial charge in [0.25, 0.3) is 11.5 Å². The first-order valence-corrected chi connectivity index (χ1v) is 24.1. The van der Waals surface area contributed by atoms with Crippen molar-refractivity contribution in [2.24, 2.45) is 0 Å². The lowest BCUT2D eigenvalue weighted by Crippen LogP contribution is -2.61. The Hall–Kier alpha value is -7.00. The highest BCUT2D eigenvalue weighted by Crippen LogP contribution is 2.46. The summed E-state index contributed by atoms with van der Waals surface area (Å²) in [6, 6.07) is 6.07.